The molecule has 2 saturated carbocycles. The molecule has 0 radical (unpaired) electrons. The first kappa shape index (κ1) is 19.0. The van der Waals surface area contributed by atoms with Gasteiger partial charge in [0.15, 0.2) is 5.78 Å². The molecule has 0 aliphatic heterocycles. The number of hydrogen-bond acceptors (Lipinski definition) is 4. The van der Waals surface area contributed by atoms with Gasteiger partial charge in [-0.05, 0) is 68.4 Å². The van der Waals surface area contributed by atoms with Gasteiger partial charge < -0.3 is 9.47 Å². The Kier molecular flexibility index (Phi) is 4.86. The van der Waals surface area contributed by atoms with E-state index in [2.05, 4.69) is 28.9 Å². The highest BCUT2D eigenvalue weighted by atomic mass is 79.9. The van der Waals surface area contributed by atoms with Crippen LogP contribution in [0.3, 0.4) is 0 Å². The fourth-order valence-electron chi connectivity index (χ4n) is 5.89. The Morgan fingerprint density at radius 3 is 2.81 bits per heavy atom. The maximum absolute atomic E-state index is 12.8. The number of esters is 1. The van der Waals surface area contributed by atoms with E-state index in [0.717, 1.165) is 37.9 Å². The summed E-state index contributed by atoms with van der Waals surface area (Å²) in [5.74, 6) is 2.72. The molecule has 0 N–H and O–H groups in total. The van der Waals surface area contributed by atoms with Gasteiger partial charge in [0, 0.05) is 24.0 Å². The van der Waals surface area contributed by atoms with Crippen LogP contribution in [-0.2, 0) is 16.0 Å². The van der Waals surface area contributed by atoms with Crippen LogP contribution in [0.25, 0.3) is 0 Å². The van der Waals surface area contributed by atoms with Gasteiger partial charge in [-0.3, -0.25) is 9.59 Å². The molecular weight excluding hydrogens is 408 g/mol. The summed E-state index contributed by atoms with van der Waals surface area (Å²) in [5, 5.41) is 0. The highest BCUT2D eigenvalue weighted by molar-refractivity contribution is 9.10. The van der Waals surface area contributed by atoms with Gasteiger partial charge in [-0.15, -0.1) is 0 Å². The van der Waals surface area contributed by atoms with E-state index in [1.165, 1.54) is 18.1 Å². The summed E-state index contributed by atoms with van der Waals surface area (Å²) in [6.07, 6.45) is 4.83. The summed E-state index contributed by atoms with van der Waals surface area (Å²) in [4.78, 5) is 24.5. The summed E-state index contributed by atoms with van der Waals surface area (Å²) in [6.45, 7) is 6.15. The van der Waals surface area contributed by atoms with E-state index in [1.807, 2.05) is 13.0 Å². The third-order valence-corrected chi connectivity index (χ3v) is 7.81. The molecule has 0 aromatic heterocycles. The highest BCUT2D eigenvalue weighted by Gasteiger charge is 2.57. The number of halogens is 1. The molecule has 3 aliphatic rings. The van der Waals surface area contributed by atoms with Crippen LogP contribution in [0.4, 0.5) is 0 Å². The van der Waals surface area contributed by atoms with Gasteiger partial charge >= 0.3 is 5.97 Å². The molecule has 1 aromatic carbocycles. The fraction of sp³-hybridized carbons (Fsp3) is 0.636. The zero-order valence-corrected chi connectivity index (χ0v) is 17.8. The summed E-state index contributed by atoms with van der Waals surface area (Å²) in [7, 11) is 0. The number of benzene rings is 1. The van der Waals surface area contributed by atoms with Crippen molar-refractivity contribution in [2.75, 3.05) is 6.61 Å². The van der Waals surface area contributed by atoms with Gasteiger partial charge in [-0.25, -0.2) is 0 Å². The van der Waals surface area contributed by atoms with E-state index in [1.54, 1.807) is 0 Å². The second kappa shape index (κ2) is 6.91. The lowest BCUT2D eigenvalue weighted by atomic mass is 9.55. The third-order valence-electron chi connectivity index (χ3n) is 7.02. The van der Waals surface area contributed by atoms with Crippen LogP contribution in [0.2, 0.25) is 0 Å². The molecule has 0 amide bonds. The van der Waals surface area contributed by atoms with Crippen molar-refractivity contribution >= 4 is 27.7 Å². The van der Waals surface area contributed by atoms with Gasteiger partial charge in [0.05, 0.1) is 11.4 Å². The standard InChI is InChI=1S/C22H27BrO4/c1-4-26-14-9-13-5-6-15-16(20(13)19(10-14)27-12(2)24)7-8-22(3)17(15)11-18(23)21(22)25/h9-10,15-18H,4-8,11H2,1-3H3/t15-,16+,17+,18-,22+/m1/s1. The Bertz CT molecular complexity index is 789. The lowest BCUT2D eigenvalue weighted by Crippen LogP contribution is -2.42. The largest absolute Gasteiger partial charge is 0.494 e. The summed E-state index contributed by atoms with van der Waals surface area (Å²) < 4.78 is 11.3. The number of hydrogen-bond donors (Lipinski definition) is 0. The van der Waals surface area contributed by atoms with Gasteiger partial charge in [0.25, 0.3) is 0 Å². The second-order valence-electron chi connectivity index (χ2n) is 8.46. The van der Waals surface area contributed by atoms with Gasteiger partial charge in [0.1, 0.15) is 11.5 Å². The maximum atomic E-state index is 12.8. The van der Waals surface area contributed by atoms with Gasteiger partial charge in [-0.2, -0.15) is 0 Å². The first-order valence-corrected chi connectivity index (χ1v) is 10.9. The minimum atomic E-state index is -0.301. The van der Waals surface area contributed by atoms with Crippen molar-refractivity contribution in [2.24, 2.45) is 17.3 Å². The van der Waals surface area contributed by atoms with Crippen molar-refractivity contribution in [1.82, 2.24) is 0 Å². The quantitative estimate of drug-likeness (QED) is 0.389. The van der Waals surface area contributed by atoms with Gasteiger partial charge in [0.2, 0.25) is 0 Å². The molecule has 0 spiro atoms. The topological polar surface area (TPSA) is 52.6 Å². The van der Waals surface area contributed by atoms with E-state index < -0.39 is 0 Å². The number of ketones is 1. The first-order chi connectivity index (χ1) is 12.8. The van der Waals surface area contributed by atoms with Gasteiger partial charge in [-0.1, -0.05) is 22.9 Å². The molecule has 0 saturated heterocycles. The second-order valence-corrected chi connectivity index (χ2v) is 9.57. The Morgan fingerprint density at radius 2 is 2.11 bits per heavy atom. The normalized spacial score (nSPS) is 34.4. The predicted molar refractivity (Wildman–Crippen MR) is 107 cm³/mol. The molecule has 3 aliphatic carbocycles. The average molecular weight is 435 g/mol. The van der Waals surface area contributed by atoms with E-state index in [0.29, 0.717) is 35.9 Å². The first-order valence-electron chi connectivity index (χ1n) is 10.0. The van der Waals surface area contributed by atoms with Crippen LogP contribution in [-0.4, -0.2) is 23.2 Å². The number of rotatable bonds is 3. The van der Waals surface area contributed by atoms with Crippen LogP contribution in [0.5, 0.6) is 11.5 Å². The molecule has 5 atom stereocenters. The van der Waals surface area contributed by atoms with Crippen molar-refractivity contribution in [3.63, 3.8) is 0 Å². The van der Waals surface area contributed by atoms with E-state index in [9.17, 15) is 9.59 Å². The number of carbonyl (C=O) groups excluding carboxylic acids is 2. The molecular formula is C22H27BrO4. The Morgan fingerprint density at radius 1 is 1.33 bits per heavy atom. The zero-order chi connectivity index (χ0) is 19.3. The molecule has 4 rings (SSSR count). The molecule has 2 fully saturated rings. The minimum Gasteiger partial charge on any atom is -0.494 e. The van der Waals surface area contributed by atoms with Crippen LogP contribution in [0.1, 0.15) is 63.5 Å². The summed E-state index contributed by atoms with van der Waals surface area (Å²) in [5.41, 5.74) is 2.21. The summed E-state index contributed by atoms with van der Waals surface area (Å²) >= 11 is 3.62. The Balaban J connectivity index is 1.75. The van der Waals surface area contributed by atoms with Crippen LogP contribution in [0, 0.1) is 17.3 Å². The third kappa shape index (κ3) is 3.02. The smallest absolute Gasteiger partial charge is 0.308 e. The van der Waals surface area contributed by atoms with Crippen molar-refractivity contribution < 1.29 is 19.1 Å². The van der Waals surface area contributed by atoms with Crippen molar-refractivity contribution in [3.05, 3.63) is 23.3 Å². The summed E-state index contributed by atoms with van der Waals surface area (Å²) in [6, 6.07) is 3.98. The van der Waals surface area contributed by atoms with Crippen LogP contribution >= 0.6 is 15.9 Å². The Hall–Kier alpha value is -1.36. The molecule has 0 heterocycles. The molecule has 0 unspecified atom stereocenters. The number of aryl methyl sites for hydroxylation is 1. The number of fused-ring (bicyclic) bond motifs is 5. The monoisotopic (exact) mass is 434 g/mol. The Labute approximate surface area is 169 Å². The molecule has 146 valence electrons. The SMILES string of the molecule is CCOc1cc2c(c(OC(C)=O)c1)[C@H]1CC[C@]3(C)C(=O)[C@H](Br)C[C@H]3[C@@H]1CC2. The number of ether oxygens (including phenoxy) is 2. The minimum absolute atomic E-state index is 0.0130. The molecule has 4 nitrogen and oxygen atoms in total. The van der Waals surface area contributed by atoms with Crippen molar-refractivity contribution in [3.8, 4) is 11.5 Å². The lowest BCUT2D eigenvalue weighted by Gasteiger charge is -2.48. The molecule has 5 heteroatoms. The molecule has 1 aromatic rings. The van der Waals surface area contributed by atoms with E-state index >= 15 is 0 Å². The van der Waals surface area contributed by atoms with E-state index in [4.69, 9.17) is 9.47 Å². The molecule has 0 bridgehead atoms. The predicted octanol–water partition coefficient (Wildman–Crippen LogP) is 4.81. The molecule has 27 heavy (non-hydrogen) atoms. The van der Waals surface area contributed by atoms with Crippen LogP contribution in [0.15, 0.2) is 12.1 Å². The van der Waals surface area contributed by atoms with Crippen molar-refractivity contribution in [2.45, 2.75) is 63.6 Å². The number of alkyl halides is 1. The average Bonchev–Trinajstić information content (AvgIpc) is 2.85. The van der Waals surface area contributed by atoms with Crippen LogP contribution < -0.4 is 9.47 Å². The van der Waals surface area contributed by atoms with E-state index in [-0.39, 0.29) is 16.2 Å². The fourth-order valence-corrected chi connectivity index (χ4v) is 6.82. The lowest BCUT2D eigenvalue weighted by molar-refractivity contribution is -0.132. The number of carbonyl (C=O) groups is 2. The number of Topliss-reactive ketones (excluding diaryl/α,β-unsaturated/α-hetero) is 1. The zero-order valence-electron chi connectivity index (χ0n) is 16.2. The maximum Gasteiger partial charge on any atom is 0.308 e. The highest BCUT2D eigenvalue weighted by Crippen LogP contribution is 2.61. The van der Waals surface area contributed by atoms with Crippen molar-refractivity contribution in [1.29, 1.82) is 0 Å².